The Morgan fingerprint density at radius 3 is 3.22 bits per heavy atom. The molecule has 2 atom stereocenters. The van der Waals surface area contributed by atoms with Crippen LogP contribution in [0, 0.1) is 5.92 Å². The van der Waals surface area contributed by atoms with Crippen molar-refractivity contribution < 1.29 is 5.11 Å². The quantitative estimate of drug-likeness (QED) is 0.485. The van der Waals surface area contributed by atoms with E-state index in [2.05, 4.69) is 6.08 Å². The average Bonchev–Trinajstić information content (AvgIpc) is 2.22. The second-order valence-electron chi connectivity index (χ2n) is 3.22. The smallest absolute Gasteiger partial charge is 0.0858 e. The van der Waals surface area contributed by atoms with Gasteiger partial charge in [0.2, 0.25) is 0 Å². The van der Waals surface area contributed by atoms with Gasteiger partial charge < -0.3 is 5.11 Å². The van der Waals surface area contributed by atoms with Crippen LogP contribution in [0.15, 0.2) is 12.2 Å². The first kappa shape index (κ1) is 5.48. The highest BCUT2D eigenvalue weighted by molar-refractivity contribution is 5.15. The van der Waals surface area contributed by atoms with Crippen LogP contribution < -0.4 is 0 Å². The molecule has 2 aliphatic carbocycles. The van der Waals surface area contributed by atoms with E-state index in [1.165, 1.54) is 12.8 Å². The number of hydrogen-bond donors (Lipinski definition) is 1. The molecule has 2 aliphatic rings. The van der Waals surface area contributed by atoms with Crippen molar-refractivity contribution in [1.82, 2.24) is 0 Å². The third-order valence-corrected chi connectivity index (χ3v) is 2.66. The fourth-order valence-electron chi connectivity index (χ4n) is 2.06. The molecule has 0 bridgehead atoms. The minimum absolute atomic E-state index is 0.375. The van der Waals surface area contributed by atoms with Crippen molar-refractivity contribution in [2.75, 3.05) is 0 Å². The second kappa shape index (κ2) is 1.60. The Labute approximate surface area is 55.4 Å². The fourth-order valence-corrected chi connectivity index (χ4v) is 2.06. The van der Waals surface area contributed by atoms with Gasteiger partial charge in [0.15, 0.2) is 0 Å². The molecule has 1 nitrogen and oxygen atoms in total. The van der Waals surface area contributed by atoms with E-state index in [1.807, 2.05) is 6.08 Å². The molecule has 1 saturated carbocycles. The molecular weight excluding hydrogens is 112 g/mol. The van der Waals surface area contributed by atoms with Crippen molar-refractivity contribution in [2.24, 2.45) is 5.92 Å². The molecule has 0 unspecified atom stereocenters. The van der Waals surface area contributed by atoms with E-state index in [0.29, 0.717) is 5.92 Å². The first-order valence-electron chi connectivity index (χ1n) is 3.71. The van der Waals surface area contributed by atoms with Gasteiger partial charge in [-0.2, -0.15) is 0 Å². The first-order chi connectivity index (χ1) is 4.31. The lowest BCUT2D eigenvalue weighted by Gasteiger charge is -2.19. The van der Waals surface area contributed by atoms with E-state index in [-0.39, 0.29) is 5.60 Å². The normalized spacial score (nSPS) is 47.9. The molecule has 0 spiro atoms. The molecular formula is C8H12O. The number of allylic oxidation sites excluding steroid dienone is 1. The van der Waals surface area contributed by atoms with Gasteiger partial charge in [0.1, 0.15) is 0 Å². The Morgan fingerprint density at radius 1 is 1.56 bits per heavy atom. The maximum atomic E-state index is 9.74. The van der Waals surface area contributed by atoms with Gasteiger partial charge in [-0.1, -0.05) is 12.2 Å². The summed E-state index contributed by atoms with van der Waals surface area (Å²) in [6.45, 7) is 0. The monoisotopic (exact) mass is 124 g/mol. The molecule has 0 aromatic rings. The van der Waals surface area contributed by atoms with Gasteiger partial charge in [-0.05, 0) is 31.6 Å². The topological polar surface area (TPSA) is 20.2 Å². The van der Waals surface area contributed by atoms with E-state index >= 15 is 0 Å². The summed E-state index contributed by atoms with van der Waals surface area (Å²) in [5, 5.41) is 9.74. The molecule has 0 aromatic carbocycles. The van der Waals surface area contributed by atoms with Gasteiger partial charge in [-0.25, -0.2) is 0 Å². The number of fused-ring (bicyclic) bond motifs is 1. The molecule has 1 heteroatoms. The van der Waals surface area contributed by atoms with Gasteiger partial charge in [0.25, 0.3) is 0 Å². The number of aliphatic hydroxyl groups is 1. The predicted molar refractivity (Wildman–Crippen MR) is 36.0 cm³/mol. The summed E-state index contributed by atoms with van der Waals surface area (Å²) >= 11 is 0. The largest absolute Gasteiger partial charge is 0.385 e. The Morgan fingerprint density at radius 2 is 2.44 bits per heavy atom. The molecule has 0 aromatic heterocycles. The first-order valence-corrected chi connectivity index (χ1v) is 3.71. The zero-order valence-corrected chi connectivity index (χ0v) is 5.51. The van der Waals surface area contributed by atoms with Gasteiger partial charge in [-0.15, -0.1) is 0 Å². The van der Waals surface area contributed by atoms with Crippen molar-refractivity contribution in [3.05, 3.63) is 12.2 Å². The molecule has 0 saturated heterocycles. The molecule has 0 heterocycles. The predicted octanol–water partition coefficient (Wildman–Crippen LogP) is 1.48. The fraction of sp³-hybridized carbons (Fsp3) is 0.750. The van der Waals surface area contributed by atoms with Gasteiger partial charge in [0, 0.05) is 0 Å². The summed E-state index contributed by atoms with van der Waals surface area (Å²) < 4.78 is 0. The molecule has 0 aliphatic heterocycles. The summed E-state index contributed by atoms with van der Waals surface area (Å²) in [6.07, 6.45) is 8.65. The molecule has 1 N–H and O–H groups in total. The minimum atomic E-state index is -0.375. The van der Waals surface area contributed by atoms with Crippen LogP contribution in [0.5, 0.6) is 0 Å². The van der Waals surface area contributed by atoms with Crippen LogP contribution in [-0.2, 0) is 0 Å². The van der Waals surface area contributed by atoms with Crippen LogP contribution in [0.2, 0.25) is 0 Å². The number of rotatable bonds is 0. The number of hydrogen-bond acceptors (Lipinski definition) is 1. The van der Waals surface area contributed by atoms with Crippen LogP contribution >= 0.6 is 0 Å². The van der Waals surface area contributed by atoms with E-state index < -0.39 is 0 Å². The molecule has 0 radical (unpaired) electrons. The van der Waals surface area contributed by atoms with Crippen LogP contribution in [-0.4, -0.2) is 10.7 Å². The average molecular weight is 124 g/mol. The van der Waals surface area contributed by atoms with E-state index in [1.54, 1.807) is 0 Å². The third-order valence-electron chi connectivity index (χ3n) is 2.66. The highest BCUT2D eigenvalue weighted by Gasteiger charge is 2.40. The summed E-state index contributed by atoms with van der Waals surface area (Å²) in [5.74, 6) is 0.567. The van der Waals surface area contributed by atoms with E-state index in [4.69, 9.17) is 0 Å². The molecule has 0 amide bonds. The second-order valence-corrected chi connectivity index (χ2v) is 3.22. The van der Waals surface area contributed by atoms with Crippen molar-refractivity contribution in [1.29, 1.82) is 0 Å². The Balaban J connectivity index is 2.26. The molecule has 2 rings (SSSR count). The minimum Gasteiger partial charge on any atom is -0.385 e. The third kappa shape index (κ3) is 0.645. The van der Waals surface area contributed by atoms with Crippen molar-refractivity contribution in [2.45, 2.75) is 31.3 Å². The Bertz CT molecular complexity index is 151. The summed E-state index contributed by atoms with van der Waals surface area (Å²) in [4.78, 5) is 0. The summed E-state index contributed by atoms with van der Waals surface area (Å²) in [5.41, 5.74) is -0.375. The maximum absolute atomic E-state index is 9.74. The van der Waals surface area contributed by atoms with Crippen LogP contribution in [0.1, 0.15) is 25.7 Å². The Hall–Kier alpha value is -0.300. The van der Waals surface area contributed by atoms with Crippen LogP contribution in [0.3, 0.4) is 0 Å². The molecule has 50 valence electrons. The lowest BCUT2D eigenvalue weighted by molar-refractivity contribution is 0.0624. The van der Waals surface area contributed by atoms with Gasteiger partial charge >= 0.3 is 0 Å². The van der Waals surface area contributed by atoms with E-state index in [0.717, 1.165) is 12.8 Å². The van der Waals surface area contributed by atoms with Crippen molar-refractivity contribution in [3.8, 4) is 0 Å². The van der Waals surface area contributed by atoms with Crippen LogP contribution in [0.25, 0.3) is 0 Å². The standard InChI is InChI=1S/C8H12O/c9-8-5-1-3-7(8)4-2-6-8/h1,5,7,9H,2-4,6H2/t7-,8-/m0/s1. The van der Waals surface area contributed by atoms with Crippen LogP contribution in [0.4, 0.5) is 0 Å². The van der Waals surface area contributed by atoms with Crippen molar-refractivity contribution in [3.63, 3.8) is 0 Å². The van der Waals surface area contributed by atoms with Crippen molar-refractivity contribution >= 4 is 0 Å². The Kier molecular flexibility index (Phi) is 0.974. The zero-order valence-electron chi connectivity index (χ0n) is 5.51. The zero-order chi connectivity index (χ0) is 6.32. The molecule has 1 fully saturated rings. The summed E-state index contributed by atoms with van der Waals surface area (Å²) in [6, 6.07) is 0. The van der Waals surface area contributed by atoms with Gasteiger partial charge in [0.05, 0.1) is 5.60 Å². The lowest BCUT2D eigenvalue weighted by atomic mass is 9.95. The van der Waals surface area contributed by atoms with E-state index in [9.17, 15) is 5.11 Å². The van der Waals surface area contributed by atoms with Gasteiger partial charge in [-0.3, -0.25) is 0 Å². The maximum Gasteiger partial charge on any atom is 0.0858 e. The highest BCUT2D eigenvalue weighted by atomic mass is 16.3. The molecule has 9 heavy (non-hydrogen) atoms. The highest BCUT2D eigenvalue weighted by Crippen LogP contribution is 2.42. The lowest BCUT2D eigenvalue weighted by Crippen LogP contribution is -2.26. The SMILES string of the molecule is O[C@]12C=CC[C@H]1CCC2. The summed E-state index contributed by atoms with van der Waals surface area (Å²) in [7, 11) is 0.